The van der Waals surface area contributed by atoms with E-state index in [4.69, 9.17) is 5.10 Å². The molecule has 1 heterocycles. The lowest BCUT2D eigenvalue weighted by Crippen LogP contribution is -2.42. The summed E-state index contributed by atoms with van der Waals surface area (Å²) in [5.74, 6) is 0.0737. The summed E-state index contributed by atoms with van der Waals surface area (Å²) < 4.78 is 0. The van der Waals surface area contributed by atoms with Gasteiger partial charge in [-0.1, -0.05) is 66.4 Å². The standard InChI is InChI=1S/C28H35N3O/c1-5-16-30(24-8-6-7-9-24)19-28(32)31-27(23-14-11-20(2)12-15-23)18-26(29-31)25-17-21(3)10-13-22(25)4/h5,10-15,17,24,27H,1,6-9,16,18-19H2,2-4H3. The van der Waals surface area contributed by atoms with Crippen molar-refractivity contribution in [3.63, 3.8) is 0 Å². The smallest absolute Gasteiger partial charge is 0.257 e. The van der Waals surface area contributed by atoms with Crippen LogP contribution in [0.2, 0.25) is 0 Å². The van der Waals surface area contributed by atoms with Crippen LogP contribution in [0.3, 0.4) is 0 Å². The second kappa shape index (κ2) is 9.83. The molecule has 2 aliphatic rings. The van der Waals surface area contributed by atoms with Crippen LogP contribution < -0.4 is 0 Å². The van der Waals surface area contributed by atoms with Crippen molar-refractivity contribution in [2.24, 2.45) is 5.10 Å². The summed E-state index contributed by atoms with van der Waals surface area (Å²) in [6, 6.07) is 15.4. The van der Waals surface area contributed by atoms with Crippen molar-refractivity contribution in [2.75, 3.05) is 13.1 Å². The van der Waals surface area contributed by atoms with E-state index in [2.05, 4.69) is 74.7 Å². The van der Waals surface area contributed by atoms with Gasteiger partial charge in [-0.05, 0) is 50.8 Å². The van der Waals surface area contributed by atoms with Crippen LogP contribution in [0.15, 0.2) is 60.2 Å². The maximum Gasteiger partial charge on any atom is 0.257 e. The molecule has 1 aliphatic heterocycles. The van der Waals surface area contributed by atoms with Gasteiger partial charge in [0.05, 0.1) is 18.3 Å². The van der Waals surface area contributed by atoms with Crippen LogP contribution >= 0.6 is 0 Å². The van der Waals surface area contributed by atoms with E-state index < -0.39 is 0 Å². The van der Waals surface area contributed by atoms with E-state index in [9.17, 15) is 4.79 Å². The number of benzene rings is 2. The van der Waals surface area contributed by atoms with Gasteiger partial charge in [0.25, 0.3) is 5.91 Å². The van der Waals surface area contributed by atoms with Crippen LogP contribution in [-0.2, 0) is 4.79 Å². The van der Waals surface area contributed by atoms with E-state index >= 15 is 0 Å². The van der Waals surface area contributed by atoms with Gasteiger partial charge in [-0.2, -0.15) is 5.10 Å². The number of nitrogens with zero attached hydrogens (tertiary/aromatic N) is 3. The summed E-state index contributed by atoms with van der Waals surface area (Å²) in [6.45, 7) is 11.4. The van der Waals surface area contributed by atoms with Gasteiger partial charge in [0.1, 0.15) is 0 Å². The highest BCUT2D eigenvalue weighted by atomic mass is 16.2. The summed E-state index contributed by atoms with van der Waals surface area (Å²) in [5, 5.41) is 6.68. The predicted molar refractivity (Wildman–Crippen MR) is 132 cm³/mol. The Morgan fingerprint density at radius 3 is 2.47 bits per heavy atom. The molecule has 4 rings (SSSR count). The Labute approximate surface area is 192 Å². The number of hydrazone groups is 1. The molecule has 32 heavy (non-hydrogen) atoms. The Morgan fingerprint density at radius 2 is 1.78 bits per heavy atom. The summed E-state index contributed by atoms with van der Waals surface area (Å²) >= 11 is 0. The molecule has 1 unspecified atom stereocenters. The number of carbonyl (C=O) groups excluding carboxylic acids is 1. The molecule has 1 amide bonds. The Bertz CT molecular complexity index is 1000. The Kier molecular flexibility index (Phi) is 6.90. The molecule has 1 aliphatic carbocycles. The first-order valence-corrected chi connectivity index (χ1v) is 11.8. The number of rotatable bonds is 7. The average molecular weight is 430 g/mol. The van der Waals surface area contributed by atoms with Crippen LogP contribution in [0.5, 0.6) is 0 Å². The highest BCUT2D eigenvalue weighted by Gasteiger charge is 2.35. The largest absolute Gasteiger partial charge is 0.288 e. The third-order valence-corrected chi connectivity index (χ3v) is 6.88. The highest BCUT2D eigenvalue weighted by molar-refractivity contribution is 6.04. The Hall–Kier alpha value is -2.72. The fourth-order valence-electron chi connectivity index (χ4n) is 5.02. The third kappa shape index (κ3) is 4.86. The fraction of sp³-hybridized carbons (Fsp3) is 0.429. The van der Waals surface area contributed by atoms with Crippen molar-refractivity contribution >= 4 is 11.6 Å². The van der Waals surface area contributed by atoms with Crippen molar-refractivity contribution in [1.29, 1.82) is 0 Å². The van der Waals surface area contributed by atoms with E-state index in [0.29, 0.717) is 12.6 Å². The molecule has 168 valence electrons. The van der Waals surface area contributed by atoms with Crippen molar-refractivity contribution < 1.29 is 4.79 Å². The Balaban J connectivity index is 1.64. The molecule has 4 heteroatoms. The lowest BCUT2D eigenvalue weighted by atomic mass is 9.94. The van der Waals surface area contributed by atoms with Gasteiger partial charge in [0.2, 0.25) is 0 Å². The van der Waals surface area contributed by atoms with E-state index in [1.54, 1.807) is 5.01 Å². The lowest BCUT2D eigenvalue weighted by Gasteiger charge is -2.30. The van der Waals surface area contributed by atoms with Gasteiger partial charge >= 0.3 is 0 Å². The summed E-state index contributed by atoms with van der Waals surface area (Å²) in [4.78, 5) is 15.9. The fourth-order valence-corrected chi connectivity index (χ4v) is 5.02. The normalized spacial score (nSPS) is 18.9. The number of aryl methyl sites for hydroxylation is 3. The zero-order valence-corrected chi connectivity index (χ0v) is 19.7. The second-order valence-electron chi connectivity index (χ2n) is 9.39. The van der Waals surface area contributed by atoms with Crippen LogP contribution in [-0.4, -0.2) is 40.7 Å². The minimum absolute atomic E-state index is 0.0628. The van der Waals surface area contributed by atoms with Crippen molar-refractivity contribution in [3.05, 3.63) is 82.9 Å². The first-order valence-electron chi connectivity index (χ1n) is 11.8. The van der Waals surface area contributed by atoms with Gasteiger partial charge < -0.3 is 0 Å². The summed E-state index contributed by atoms with van der Waals surface area (Å²) in [7, 11) is 0. The zero-order valence-electron chi connectivity index (χ0n) is 19.7. The van der Waals surface area contributed by atoms with Crippen molar-refractivity contribution in [2.45, 2.75) is 65.0 Å². The van der Waals surface area contributed by atoms with E-state index in [-0.39, 0.29) is 11.9 Å². The molecular weight excluding hydrogens is 394 g/mol. The molecule has 0 saturated heterocycles. The van der Waals surface area contributed by atoms with Crippen LogP contribution in [0.4, 0.5) is 0 Å². The van der Waals surface area contributed by atoms with Crippen LogP contribution in [0.25, 0.3) is 0 Å². The SMILES string of the molecule is C=CCN(CC(=O)N1N=C(c2cc(C)ccc2C)CC1c1ccc(C)cc1)C1CCCC1. The van der Waals surface area contributed by atoms with E-state index in [0.717, 1.165) is 29.8 Å². The summed E-state index contributed by atoms with van der Waals surface area (Å²) in [5.41, 5.74) is 6.93. The zero-order chi connectivity index (χ0) is 22.7. The van der Waals surface area contributed by atoms with Crippen molar-refractivity contribution in [3.8, 4) is 0 Å². The van der Waals surface area contributed by atoms with E-state index in [1.807, 2.05) is 6.08 Å². The van der Waals surface area contributed by atoms with Crippen molar-refractivity contribution in [1.82, 2.24) is 9.91 Å². The average Bonchev–Trinajstić information content (AvgIpc) is 3.46. The first kappa shape index (κ1) is 22.5. The predicted octanol–water partition coefficient (Wildman–Crippen LogP) is 5.72. The molecule has 0 bridgehead atoms. The third-order valence-electron chi connectivity index (χ3n) is 6.88. The second-order valence-corrected chi connectivity index (χ2v) is 9.39. The molecule has 2 aromatic rings. The van der Waals surface area contributed by atoms with Crippen LogP contribution in [0, 0.1) is 20.8 Å². The van der Waals surface area contributed by atoms with E-state index in [1.165, 1.54) is 42.4 Å². The monoisotopic (exact) mass is 429 g/mol. The Morgan fingerprint density at radius 1 is 1.09 bits per heavy atom. The molecule has 0 aromatic heterocycles. The van der Waals surface area contributed by atoms with Crippen LogP contribution in [0.1, 0.15) is 66.0 Å². The molecular formula is C28H35N3O. The molecule has 0 N–H and O–H groups in total. The molecule has 1 saturated carbocycles. The van der Waals surface area contributed by atoms with Gasteiger partial charge in [-0.25, -0.2) is 5.01 Å². The molecule has 0 spiro atoms. The number of hydrogen-bond donors (Lipinski definition) is 0. The number of amides is 1. The van der Waals surface area contributed by atoms with Gasteiger partial charge in [-0.3, -0.25) is 9.69 Å². The highest BCUT2D eigenvalue weighted by Crippen LogP contribution is 2.34. The topological polar surface area (TPSA) is 35.9 Å². The maximum absolute atomic E-state index is 13.6. The van der Waals surface area contributed by atoms with Gasteiger partial charge in [0, 0.05) is 24.6 Å². The maximum atomic E-state index is 13.6. The van der Waals surface area contributed by atoms with Gasteiger partial charge in [0.15, 0.2) is 0 Å². The van der Waals surface area contributed by atoms with Gasteiger partial charge in [-0.15, -0.1) is 6.58 Å². The quantitative estimate of drug-likeness (QED) is 0.528. The first-order chi connectivity index (χ1) is 15.5. The molecule has 2 aromatic carbocycles. The molecule has 4 nitrogen and oxygen atoms in total. The lowest BCUT2D eigenvalue weighted by molar-refractivity contribution is -0.134. The minimum atomic E-state index is -0.0628. The molecule has 0 radical (unpaired) electrons. The summed E-state index contributed by atoms with van der Waals surface area (Å²) in [6.07, 6.45) is 7.48. The number of hydrogen-bond acceptors (Lipinski definition) is 3. The minimum Gasteiger partial charge on any atom is -0.288 e. The molecule has 1 atom stereocenters. The number of carbonyl (C=O) groups is 1. The molecule has 1 fully saturated rings.